The van der Waals surface area contributed by atoms with Gasteiger partial charge in [-0.05, 0) is 38.8 Å². The number of pyridine rings is 1. The van der Waals surface area contributed by atoms with E-state index in [0.717, 1.165) is 30.2 Å². The third kappa shape index (κ3) is 4.87. The molecule has 0 spiro atoms. The van der Waals surface area contributed by atoms with E-state index in [1.165, 1.54) is 12.1 Å². The standard InChI is InChI=1S/C24H25FN4O2/c1-16-3-7-20(22-13-26-9-10-27-22)21(11-16)24(30)29-14-18(5-4-17(29)2)15-31-23-8-6-19(25)12-28-23/h3,6-13,17-18H,4-5,14-15H2,1-2H3/t17-,18-/m1/s1. The molecule has 1 saturated heterocycles. The zero-order valence-corrected chi connectivity index (χ0v) is 17.7. The highest BCUT2D eigenvalue weighted by Gasteiger charge is 2.31. The number of likely N-dealkylation sites (tertiary alicyclic amines) is 1. The lowest BCUT2D eigenvalue weighted by molar-refractivity contribution is 0.0503. The molecule has 3 heterocycles. The Labute approximate surface area is 181 Å². The van der Waals surface area contributed by atoms with E-state index < -0.39 is 5.82 Å². The number of carbonyl (C=O) groups excluding carboxylic acids is 1. The normalized spacial score (nSPS) is 18.6. The van der Waals surface area contributed by atoms with E-state index in [-0.39, 0.29) is 17.9 Å². The molecule has 4 rings (SSSR count). The van der Waals surface area contributed by atoms with Crippen LogP contribution in [0, 0.1) is 18.7 Å². The van der Waals surface area contributed by atoms with E-state index in [1.54, 1.807) is 18.6 Å². The number of benzene rings is 1. The Morgan fingerprint density at radius 3 is 2.77 bits per heavy atom. The summed E-state index contributed by atoms with van der Waals surface area (Å²) in [4.78, 5) is 28.0. The number of hydrogen-bond donors (Lipinski definition) is 0. The van der Waals surface area contributed by atoms with Crippen LogP contribution in [0.25, 0.3) is 11.3 Å². The fraction of sp³-hybridized carbons (Fsp3) is 0.333. The van der Waals surface area contributed by atoms with Gasteiger partial charge >= 0.3 is 0 Å². The summed E-state index contributed by atoms with van der Waals surface area (Å²) in [6, 6.07) is 8.80. The van der Waals surface area contributed by atoms with Crippen molar-refractivity contribution in [2.45, 2.75) is 32.7 Å². The molecule has 0 unspecified atom stereocenters. The van der Waals surface area contributed by atoms with Gasteiger partial charge in [0.2, 0.25) is 5.88 Å². The van der Waals surface area contributed by atoms with Crippen LogP contribution in [-0.4, -0.2) is 45.0 Å². The van der Waals surface area contributed by atoms with Crippen molar-refractivity contribution in [3.8, 4) is 17.1 Å². The van der Waals surface area contributed by atoms with E-state index in [4.69, 9.17) is 4.74 Å². The molecule has 1 aromatic carbocycles. The van der Waals surface area contributed by atoms with Crippen molar-refractivity contribution >= 4 is 5.91 Å². The predicted octanol–water partition coefficient (Wildman–Crippen LogP) is 4.31. The topological polar surface area (TPSA) is 68.2 Å². The first kappa shape index (κ1) is 20.9. The molecule has 0 bridgehead atoms. The zero-order chi connectivity index (χ0) is 21.8. The molecule has 0 radical (unpaired) electrons. The molecule has 1 aliphatic rings. The average Bonchev–Trinajstić information content (AvgIpc) is 2.79. The van der Waals surface area contributed by atoms with Gasteiger partial charge in [-0.25, -0.2) is 9.37 Å². The van der Waals surface area contributed by atoms with Gasteiger partial charge in [-0.15, -0.1) is 0 Å². The maximum atomic E-state index is 13.6. The van der Waals surface area contributed by atoms with Crippen molar-refractivity contribution in [2.75, 3.05) is 13.2 Å². The number of carbonyl (C=O) groups is 1. The molecular formula is C24H25FN4O2. The Balaban J connectivity index is 1.52. The Bertz CT molecular complexity index is 1040. The molecule has 31 heavy (non-hydrogen) atoms. The highest BCUT2D eigenvalue weighted by atomic mass is 19.1. The molecule has 0 N–H and O–H groups in total. The average molecular weight is 420 g/mol. The summed E-state index contributed by atoms with van der Waals surface area (Å²) < 4.78 is 18.8. The Kier molecular flexibility index (Phi) is 6.21. The molecule has 7 heteroatoms. The van der Waals surface area contributed by atoms with Gasteiger partial charge < -0.3 is 9.64 Å². The summed E-state index contributed by atoms with van der Waals surface area (Å²) in [5.74, 6) is 0.160. The fourth-order valence-corrected chi connectivity index (χ4v) is 3.90. The van der Waals surface area contributed by atoms with Crippen LogP contribution in [-0.2, 0) is 0 Å². The van der Waals surface area contributed by atoms with Crippen molar-refractivity contribution in [3.63, 3.8) is 0 Å². The molecule has 1 amide bonds. The third-order valence-electron chi connectivity index (χ3n) is 5.65. The van der Waals surface area contributed by atoms with Crippen LogP contribution in [0.5, 0.6) is 5.88 Å². The number of piperidine rings is 1. The number of amides is 1. The number of halogens is 1. The first-order chi connectivity index (χ1) is 15.0. The van der Waals surface area contributed by atoms with E-state index in [1.807, 2.05) is 30.0 Å². The molecular weight excluding hydrogens is 395 g/mol. The van der Waals surface area contributed by atoms with Gasteiger partial charge in [0.25, 0.3) is 5.91 Å². The van der Waals surface area contributed by atoms with Gasteiger partial charge in [-0.1, -0.05) is 17.7 Å². The minimum atomic E-state index is -0.396. The van der Waals surface area contributed by atoms with Crippen LogP contribution in [0.15, 0.2) is 55.1 Å². The number of aryl methyl sites for hydroxylation is 1. The molecule has 160 valence electrons. The summed E-state index contributed by atoms with van der Waals surface area (Å²) in [6.45, 7) is 5.08. The van der Waals surface area contributed by atoms with Gasteiger partial charge in [0.1, 0.15) is 5.82 Å². The lowest BCUT2D eigenvalue weighted by Gasteiger charge is -2.38. The van der Waals surface area contributed by atoms with E-state index in [2.05, 4.69) is 21.9 Å². The van der Waals surface area contributed by atoms with Gasteiger partial charge in [-0.3, -0.25) is 14.8 Å². The smallest absolute Gasteiger partial charge is 0.254 e. The monoisotopic (exact) mass is 420 g/mol. The van der Waals surface area contributed by atoms with Gasteiger partial charge in [0.05, 0.1) is 24.7 Å². The Hall–Kier alpha value is -3.35. The third-order valence-corrected chi connectivity index (χ3v) is 5.65. The molecule has 2 atom stereocenters. The second kappa shape index (κ2) is 9.20. The van der Waals surface area contributed by atoms with E-state index in [9.17, 15) is 9.18 Å². The first-order valence-corrected chi connectivity index (χ1v) is 10.4. The second-order valence-corrected chi connectivity index (χ2v) is 8.02. The summed E-state index contributed by atoms with van der Waals surface area (Å²) >= 11 is 0. The predicted molar refractivity (Wildman–Crippen MR) is 115 cm³/mol. The maximum Gasteiger partial charge on any atom is 0.254 e. The lowest BCUT2D eigenvalue weighted by atomic mass is 9.92. The summed E-state index contributed by atoms with van der Waals surface area (Å²) in [7, 11) is 0. The minimum absolute atomic E-state index is 0.0125. The minimum Gasteiger partial charge on any atom is -0.477 e. The molecule has 0 saturated carbocycles. The Morgan fingerprint density at radius 2 is 2.03 bits per heavy atom. The fourth-order valence-electron chi connectivity index (χ4n) is 3.90. The molecule has 0 aliphatic carbocycles. The number of aromatic nitrogens is 3. The van der Waals surface area contributed by atoms with Gasteiger partial charge in [0, 0.05) is 48.1 Å². The number of nitrogens with zero attached hydrogens (tertiary/aromatic N) is 4. The molecule has 2 aromatic heterocycles. The van der Waals surface area contributed by atoms with Crippen molar-refractivity contribution in [3.05, 3.63) is 72.1 Å². The van der Waals surface area contributed by atoms with E-state index >= 15 is 0 Å². The Morgan fingerprint density at radius 1 is 1.16 bits per heavy atom. The largest absolute Gasteiger partial charge is 0.477 e. The molecule has 3 aromatic rings. The van der Waals surface area contributed by atoms with Crippen molar-refractivity contribution < 1.29 is 13.9 Å². The zero-order valence-electron chi connectivity index (χ0n) is 17.7. The van der Waals surface area contributed by atoms with Gasteiger partial charge in [-0.2, -0.15) is 0 Å². The van der Waals surface area contributed by atoms with Crippen molar-refractivity contribution in [2.24, 2.45) is 5.92 Å². The first-order valence-electron chi connectivity index (χ1n) is 10.4. The second-order valence-electron chi connectivity index (χ2n) is 8.02. The van der Waals surface area contributed by atoms with Crippen LogP contribution in [0.2, 0.25) is 0 Å². The van der Waals surface area contributed by atoms with Crippen LogP contribution in [0.4, 0.5) is 4.39 Å². The summed E-state index contributed by atoms with van der Waals surface area (Å²) in [5, 5.41) is 0. The SMILES string of the molecule is Cc1ccc(-c2cnccn2)c(C(=O)N2C[C@H](COc3ccc(F)cn3)CC[C@H]2C)c1. The number of ether oxygens (including phenoxy) is 1. The summed E-state index contributed by atoms with van der Waals surface area (Å²) in [6.07, 6.45) is 7.91. The number of rotatable bonds is 5. The number of hydrogen-bond acceptors (Lipinski definition) is 5. The highest BCUT2D eigenvalue weighted by Crippen LogP contribution is 2.29. The van der Waals surface area contributed by atoms with Gasteiger partial charge in [0.15, 0.2) is 0 Å². The maximum absolute atomic E-state index is 13.6. The van der Waals surface area contributed by atoms with Crippen LogP contribution in [0.3, 0.4) is 0 Å². The lowest BCUT2D eigenvalue weighted by Crippen LogP contribution is -2.47. The summed E-state index contributed by atoms with van der Waals surface area (Å²) in [5.41, 5.74) is 3.11. The van der Waals surface area contributed by atoms with Crippen LogP contribution >= 0.6 is 0 Å². The van der Waals surface area contributed by atoms with E-state index in [0.29, 0.717) is 30.3 Å². The highest BCUT2D eigenvalue weighted by molar-refractivity contribution is 6.00. The van der Waals surface area contributed by atoms with Crippen molar-refractivity contribution in [1.82, 2.24) is 19.9 Å². The van der Waals surface area contributed by atoms with Crippen LogP contribution in [0.1, 0.15) is 35.7 Å². The molecule has 1 fully saturated rings. The molecule has 6 nitrogen and oxygen atoms in total. The quantitative estimate of drug-likeness (QED) is 0.615. The molecule has 1 aliphatic heterocycles. The van der Waals surface area contributed by atoms with Crippen molar-refractivity contribution in [1.29, 1.82) is 0 Å². The van der Waals surface area contributed by atoms with Crippen LogP contribution < -0.4 is 4.74 Å².